The first-order chi connectivity index (χ1) is 25.9. The fourth-order valence-corrected chi connectivity index (χ4v) is 11.8. The van der Waals surface area contributed by atoms with Crippen LogP contribution in [0.15, 0.2) is 54.1 Å². The number of hydrogen-bond donors (Lipinski definition) is 2. The van der Waals surface area contributed by atoms with Crippen LogP contribution in [-0.4, -0.2) is 98.0 Å². The van der Waals surface area contributed by atoms with Crippen molar-refractivity contribution in [2.45, 2.75) is 121 Å². The highest BCUT2D eigenvalue weighted by molar-refractivity contribution is 5.83. The molecule has 2 aromatic carbocycles. The molecule has 2 unspecified atom stereocenters. The van der Waals surface area contributed by atoms with E-state index in [9.17, 15) is 10.2 Å². The van der Waals surface area contributed by atoms with Gasteiger partial charge in [0.05, 0.1) is 66.7 Å². The Morgan fingerprint density at radius 2 is 0.964 bits per heavy atom. The van der Waals surface area contributed by atoms with E-state index in [1.165, 1.54) is 139 Å². The average Bonchev–Trinajstić information content (AvgIpc) is 3.73. The van der Waals surface area contributed by atoms with Gasteiger partial charge in [-0.2, -0.15) is 0 Å². The summed E-state index contributed by atoms with van der Waals surface area (Å²) in [5.74, 6) is 5.32. The van der Waals surface area contributed by atoms with Crippen molar-refractivity contribution in [2.24, 2.45) is 23.7 Å². The van der Waals surface area contributed by atoms with Crippen molar-refractivity contribution in [1.82, 2.24) is 0 Å². The normalized spacial score (nSPS) is 30.6. The van der Waals surface area contributed by atoms with Gasteiger partial charge in [0.25, 0.3) is 0 Å². The van der Waals surface area contributed by atoms with E-state index in [1.807, 2.05) is 0 Å². The summed E-state index contributed by atoms with van der Waals surface area (Å²) in [7, 11) is 4.68. The smallest absolute Gasteiger partial charge is 0.119 e. The number of quaternary nitrogens is 2. The maximum atomic E-state index is 9.76. The first-order valence-electron chi connectivity index (χ1n) is 22.0. The Hall–Kier alpha value is -0.920. The first-order valence-corrected chi connectivity index (χ1v) is 22.0. The molecule has 0 radical (unpaired) electrons. The van der Waals surface area contributed by atoms with Gasteiger partial charge in [-0.3, -0.25) is 0 Å². The van der Waals surface area contributed by atoms with E-state index < -0.39 is 0 Å². The lowest BCUT2D eigenvalue weighted by Crippen LogP contribution is -3.00. The van der Waals surface area contributed by atoms with Crippen molar-refractivity contribution in [3.8, 4) is 11.5 Å². The molecule has 4 aliphatic carbocycles. The molecule has 8 heteroatoms. The highest BCUT2D eigenvalue weighted by Crippen LogP contribution is 2.58. The Labute approximate surface area is 368 Å². The number of likely N-dealkylation sites (tertiary alicyclic amines) is 2. The molecule has 2 aromatic rings. The molecule has 8 rings (SSSR count). The minimum Gasteiger partial charge on any atom is -1.00 e. The lowest BCUT2D eigenvalue weighted by atomic mass is 9.53. The van der Waals surface area contributed by atoms with Gasteiger partial charge in [0, 0.05) is 25.7 Å². The second-order valence-electron chi connectivity index (χ2n) is 18.5. The Kier molecular flexibility index (Phi) is 17.6. The van der Waals surface area contributed by atoms with Crippen LogP contribution in [0.4, 0.5) is 0 Å². The van der Waals surface area contributed by atoms with Gasteiger partial charge in [-0.25, -0.2) is 0 Å². The van der Waals surface area contributed by atoms with Gasteiger partial charge < -0.3 is 76.6 Å². The second kappa shape index (κ2) is 21.4. The molecule has 55 heavy (non-hydrogen) atoms. The number of ether oxygens (including phenoxy) is 2. The third kappa shape index (κ3) is 11.2. The van der Waals surface area contributed by atoms with Crippen LogP contribution in [0, 0.1) is 23.7 Å². The Morgan fingerprint density at radius 1 is 0.564 bits per heavy atom. The number of halogens is 2. The van der Waals surface area contributed by atoms with Crippen LogP contribution in [0.25, 0.3) is 5.57 Å². The van der Waals surface area contributed by atoms with Gasteiger partial charge in [-0.15, -0.1) is 0 Å². The van der Waals surface area contributed by atoms with E-state index in [0.717, 1.165) is 70.2 Å². The molecule has 6 fully saturated rings. The minimum atomic E-state index is 0. The number of aliphatic hydroxyl groups is 2. The molecule has 2 heterocycles. The number of aliphatic hydroxyl groups excluding tert-OH is 2. The molecule has 6 aliphatic rings. The van der Waals surface area contributed by atoms with Crippen LogP contribution in [0.5, 0.6) is 11.5 Å². The zero-order chi connectivity index (χ0) is 36.7. The van der Waals surface area contributed by atoms with Crippen molar-refractivity contribution in [3.63, 3.8) is 0 Å². The molecule has 2 saturated heterocycles. The molecular formula is C47H72I2N2O4. The zero-order valence-corrected chi connectivity index (χ0v) is 38.4. The topological polar surface area (TPSA) is 58.9 Å². The molecule has 0 spiro atoms. The molecule has 4 atom stereocenters. The largest absolute Gasteiger partial charge is 1.00 e. The highest BCUT2D eigenvalue weighted by Gasteiger charge is 2.46. The summed E-state index contributed by atoms with van der Waals surface area (Å²) < 4.78 is 14.6. The SMILES string of the molecule is C[N+]1(CCCCCCOc2ccc(C(=C3C4CC5CC(C4)CC3C5)c3ccc(OCCCCCC[N+]4(C)CCC[C@H]4CO)cc3)cc2)CCC[C@H]1CO.[I-].[I-]. The summed E-state index contributed by atoms with van der Waals surface area (Å²) in [6, 6.07) is 19.0. The number of hydrogen-bond acceptors (Lipinski definition) is 4. The van der Waals surface area contributed by atoms with Crippen LogP contribution >= 0.6 is 0 Å². The molecule has 0 amide bonds. The minimum absolute atomic E-state index is 0. The quantitative estimate of drug-likeness (QED) is 0.122. The standard InChI is InChI=1S/C47H72N2O4.2HI/c1-48(25-11-13-42(48)34-50)23-7-3-5-9-27-52-44-19-15-38(16-20-44)46(47-40-30-36-29-37(32-40)33-41(47)31-36)39-17-21-45(22-18-39)53-28-10-6-4-8-24-49(2)26-12-14-43(49)35-51;;/h15-22,36-37,40-43,50-51H,3-14,23-35H2,1-2H3;2*1H/q+2;;/p-2/t36?,37?,40?,41?,42-,43-,48?,49?;;/m0../s1. The van der Waals surface area contributed by atoms with E-state index in [2.05, 4.69) is 62.6 Å². The van der Waals surface area contributed by atoms with Gasteiger partial charge >= 0.3 is 0 Å². The van der Waals surface area contributed by atoms with Crippen LogP contribution in [-0.2, 0) is 0 Å². The Morgan fingerprint density at radius 3 is 1.36 bits per heavy atom. The number of likely N-dealkylation sites (N-methyl/N-ethyl adjacent to an activating group) is 2. The maximum absolute atomic E-state index is 9.76. The first kappa shape index (κ1) is 45.2. The van der Waals surface area contributed by atoms with Gasteiger partial charge in [0.2, 0.25) is 0 Å². The van der Waals surface area contributed by atoms with E-state index >= 15 is 0 Å². The summed E-state index contributed by atoms with van der Waals surface area (Å²) >= 11 is 0. The molecule has 6 nitrogen and oxygen atoms in total. The Balaban J connectivity index is 0.00000290. The fourth-order valence-electron chi connectivity index (χ4n) is 11.8. The highest BCUT2D eigenvalue weighted by atomic mass is 127. The third-order valence-corrected chi connectivity index (χ3v) is 14.9. The average molecular weight is 983 g/mol. The van der Waals surface area contributed by atoms with Crippen molar-refractivity contribution >= 4 is 5.57 Å². The van der Waals surface area contributed by atoms with E-state index in [1.54, 1.807) is 5.57 Å². The maximum Gasteiger partial charge on any atom is 0.119 e. The van der Waals surface area contributed by atoms with Crippen LogP contribution in [0.2, 0.25) is 0 Å². The predicted octanol–water partition coefficient (Wildman–Crippen LogP) is 3.03. The van der Waals surface area contributed by atoms with Crippen molar-refractivity contribution < 1.29 is 76.6 Å². The number of allylic oxidation sites excluding steroid dienone is 1. The van der Waals surface area contributed by atoms with Gasteiger partial charge in [-0.05, 0) is 148 Å². The number of unbranched alkanes of at least 4 members (excludes halogenated alkanes) is 6. The van der Waals surface area contributed by atoms with Crippen LogP contribution < -0.4 is 57.4 Å². The molecular weight excluding hydrogens is 910 g/mol. The van der Waals surface area contributed by atoms with Crippen molar-refractivity contribution in [2.75, 3.05) is 66.7 Å². The monoisotopic (exact) mass is 982 g/mol. The van der Waals surface area contributed by atoms with Crippen molar-refractivity contribution in [3.05, 3.63) is 65.2 Å². The zero-order valence-electron chi connectivity index (χ0n) is 34.1. The van der Waals surface area contributed by atoms with E-state index in [-0.39, 0.29) is 48.0 Å². The van der Waals surface area contributed by atoms with Gasteiger partial charge in [0.1, 0.15) is 23.6 Å². The number of rotatable bonds is 20. The summed E-state index contributed by atoms with van der Waals surface area (Å²) in [4.78, 5) is 0. The molecule has 0 aromatic heterocycles. The van der Waals surface area contributed by atoms with E-state index in [4.69, 9.17) is 9.47 Å². The van der Waals surface area contributed by atoms with Crippen LogP contribution in [0.3, 0.4) is 0 Å². The lowest BCUT2D eigenvalue weighted by Gasteiger charge is -2.52. The summed E-state index contributed by atoms with van der Waals surface area (Å²) in [6.07, 6.45) is 21.4. The van der Waals surface area contributed by atoms with Gasteiger partial charge in [-0.1, -0.05) is 29.8 Å². The lowest BCUT2D eigenvalue weighted by molar-refractivity contribution is -0.921. The summed E-state index contributed by atoms with van der Waals surface area (Å²) in [6.45, 7) is 7.04. The van der Waals surface area contributed by atoms with Gasteiger partial charge in [0.15, 0.2) is 0 Å². The fraction of sp³-hybridized carbons (Fsp3) is 0.702. The van der Waals surface area contributed by atoms with Crippen molar-refractivity contribution in [1.29, 1.82) is 0 Å². The molecule has 308 valence electrons. The molecule has 4 bridgehead atoms. The molecule has 2 aliphatic heterocycles. The molecule has 4 saturated carbocycles. The second-order valence-corrected chi connectivity index (χ2v) is 18.5. The van der Waals surface area contributed by atoms with E-state index in [0.29, 0.717) is 25.3 Å². The Bertz CT molecular complexity index is 1370. The van der Waals surface area contributed by atoms with Crippen LogP contribution in [0.1, 0.15) is 120 Å². The summed E-state index contributed by atoms with van der Waals surface area (Å²) in [5, 5.41) is 19.5. The third-order valence-electron chi connectivity index (χ3n) is 14.9. The predicted molar refractivity (Wildman–Crippen MR) is 216 cm³/mol. The number of nitrogens with zero attached hydrogens (tertiary/aromatic N) is 2. The number of benzene rings is 2. The molecule has 2 N–H and O–H groups in total. The summed E-state index contributed by atoms with van der Waals surface area (Å²) in [5.41, 5.74) is 5.89.